The van der Waals surface area contributed by atoms with E-state index in [2.05, 4.69) is 15.5 Å². The number of thiophene rings is 1. The molecule has 0 bridgehead atoms. The van der Waals surface area contributed by atoms with Crippen LogP contribution in [0.4, 0.5) is 0 Å². The van der Waals surface area contributed by atoms with Crippen LogP contribution in [0.3, 0.4) is 0 Å². The van der Waals surface area contributed by atoms with Crippen LogP contribution in [-0.4, -0.2) is 41.5 Å². The lowest BCUT2D eigenvalue weighted by molar-refractivity contribution is -0.122. The Labute approximate surface area is 138 Å². The zero-order valence-electron chi connectivity index (χ0n) is 12.6. The largest absolute Gasteiger partial charge is 0.350 e. The number of amides is 1. The molecule has 9 heteroatoms. The van der Waals surface area contributed by atoms with E-state index in [4.69, 9.17) is 4.52 Å². The summed E-state index contributed by atoms with van der Waals surface area (Å²) >= 11 is 1.54. The number of aryl methyl sites for hydroxylation is 1. The zero-order valence-corrected chi connectivity index (χ0v) is 14.2. The lowest BCUT2D eigenvalue weighted by Gasteiger charge is -2.23. The quantitative estimate of drug-likeness (QED) is 0.870. The van der Waals surface area contributed by atoms with Gasteiger partial charge < -0.3 is 9.84 Å². The molecular formula is C14H17N3O4S2. The van der Waals surface area contributed by atoms with Crippen molar-refractivity contribution in [1.82, 2.24) is 15.5 Å². The molecule has 0 aliphatic carbocycles. The molecule has 1 fully saturated rings. The summed E-state index contributed by atoms with van der Waals surface area (Å²) < 4.78 is 28.2. The lowest BCUT2D eigenvalue weighted by Crippen LogP contribution is -2.47. The number of carbonyl (C=O) groups excluding carboxylic acids is 1. The second kappa shape index (κ2) is 6.04. The molecule has 124 valence electrons. The van der Waals surface area contributed by atoms with E-state index in [9.17, 15) is 13.2 Å². The predicted octanol–water partition coefficient (Wildman–Crippen LogP) is 1.42. The van der Waals surface area contributed by atoms with E-state index in [0.717, 1.165) is 5.56 Å². The Morgan fingerprint density at radius 1 is 1.52 bits per heavy atom. The Hall–Kier alpha value is -1.74. The van der Waals surface area contributed by atoms with Crippen LogP contribution < -0.4 is 5.32 Å². The smallest absolute Gasteiger partial charge is 0.227 e. The lowest BCUT2D eigenvalue weighted by atomic mass is 10.0. The van der Waals surface area contributed by atoms with Crippen molar-refractivity contribution in [2.24, 2.45) is 0 Å². The van der Waals surface area contributed by atoms with Gasteiger partial charge in [0.2, 0.25) is 17.6 Å². The summed E-state index contributed by atoms with van der Waals surface area (Å²) in [6, 6.07) is 1.90. The standard InChI is InChI=1S/C14H17N3O4S2/c1-14(5-7-23(19,20)9-14)16-11(18)2-3-12-15-13(17-21-12)10-4-6-22-8-10/h4,6,8H,2-3,5,7,9H2,1H3,(H,16,18)/t14-/m1/s1. The summed E-state index contributed by atoms with van der Waals surface area (Å²) in [7, 11) is -3.04. The summed E-state index contributed by atoms with van der Waals surface area (Å²) in [5.74, 6) is 0.812. The second-order valence-corrected chi connectivity index (χ2v) is 8.94. The summed E-state index contributed by atoms with van der Waals surface area (Å²) in [5.41, 5.74) is 0.213. The molecule has 2 aromatic rings. The van der Waals surface area contributed by atoms with Gasteiger partial charge in [-0.3, -0.25) is 4.79 Å². The Balaban J connectivity index is 1.54. The van der Waals surface area contributed by atoms with E-state index in [-0.39, 0.29) is 23.8 Å². The number of nitrogens with zero attached hydrogens (tertiary/aromatic N) is 2. The van der Waals surface area contributed by atoms with E-state index >= 15 is 0 Å². The number of aromatic nitrogens is 2. The SMILES string of the molecule is C[C@@]1(NC(=O)CCc2nc(-c3ccsc3)no2)CCS(=O)(=O)C1. The molecule has 1 N–H and O–H groups in total. The molecule has 1 amide bonds. The molecule has 0 radical (unpaired) electrons. The monoisotopic (exact) mass is 355 g/mol. The topological polar surface area (TPSA) is 102 Å². The van der Waals surface area contributed by atoms with E-state index < -0.39 is 15.4 Å². The normalized spacial score (nSPS) is 23.0. The van der Waals surface area contributed by atoms with Gasteiger partial charge in [-0.05, 0) is 24.8 Å². The second-order valence-electron chi connectivity index (χ2n) is 5.97. The van der Waals surface area contributed by atoms with Gasteiger partial charge in [0, 0.05) is 23.8 Å². The zero-order chi connectivity index (χ0) is 16.5. The number of sulfone groups is 1. The van der Waals surface area contributed by atoms with Gasteiger partial charge >= 0.3 is 0 Å². The molecule has 0 saturated carbocycles. The van der Waals surface area contributed by atoms with Gasteiger partial charge in [0.15, 0.2) is 9.84 Å². The number of hydrogen-bond donors (Lipinski definition) is 1. The van der Waals surface area contributed by atoms with Crippen LogP contribution in [-0.2, 0) is 21.1 Å². The van der Waals surface area contributed by atoms with E-state index in [1.54, 1.807) is 18.3 Å². The van der Waals surface area contributed by atoms with Gasteiger partial charge in [0.25, 0.3) is 0 Å². The van der Waals surface area contributed by atoms with Crippen molar-refractivity contribution >= 4 is 27.1 Å². The first-order chi connectivity index (χ1) is 10.9. The van der Waals surface area contributed by atoms with Crippen molar-refractivity contribution in [3.8, 4) is 11.4 Å². The van der Waals surface area contributed by atoms with Crippen LogP contribution in [0.1, 0.15) is 25.7 Å². The molecule has 3 rings (SSSR count). The van der Waals surface area contributed by atoms with Crippen LogP contribution in [0, 0.1) is 0 Å². The minimum atomic E-state index is -3.04. The minimum absolute atomic E-state index is 0.00536. The van der Waals surface area contributed by atoms with Gasteiger partial charge in [0.05, 0.1) is 17.0 Å². The molecule has 1 atom stereocenters. The van der Waals surface area contributed by atoms with Crippen molar-refractivity contribution in [1.29, 1.82) is 0 Å². The van der Waals surface area contributed by atoms with Crippen molar-refractivity contribution in [2.75, 3.05) is 11.5 Å². The highest BCUT2D eigenvalue weighted by Crippen LogP contribution is 2.23. The highest BCUT2D eigenvalue weighted by molar-refractivity contribution is 7.91. The molecule has 0 unspecified atom stereocenters. The predicted molar refractivity (Wildman–Crippen MR) is 85.8 cm³/mol. The maximum absolute atomic E-state index is 12.0. The Morgan fingerprint density at radius 3 is 3.00 bits per heavy atom. The average molecular weight is 355 g/mol. The fourth-order valence-corrected chi connectivity index (χ4v) is 5.32. The highest BCUT2D eigenvalue weighted by atomic mass is 32.2. The maximum Gasteiger partial charge on any atom is 0.227 e. The van der Waals surface area contributed by atoms with Crippen LogP contribution in [0.25, 0.3) is 11.4 Å². The first-order valence-electron chi connectivity index (χ1n) is 7.22. The molecule has 1 aliphatic rings. The van der Waals surface area contributed by atoms with Gasteiger partial charge in [0.1, 0.15) is 0 Å². The van der Waals surface area contributed by atoms with Crippen LogP contribution in [0.15, 0.2) is 21.3 Å². The Morgan fingerprint density at radius 2 is 2.35 bits per heavy atom. The Bertz CT molecular complexity index is 798. The number of rotatable bonds is 5. The summed E-state index contributed by atoms with van der Waals surface area (Å²) in [5, 5.41) is 10.5. The number of carbonyl (C=O) groups is 1. The third-order valence-corrected chi connectivity index (χ3v) is 6.34. The summed E-state index contributed by atoms with van der Waals surface area (Å²) in [6.45, 7) is 1.76. The molecule has 1 saturated heterocycles. The molecule has 3 heterocycles. The molecule has 0 spiro atoms. The Kier molecular flexibility index (Phi) is 4.24. The summed E-state index contributed by atoms with van der Waals surface area (Å²) in [4.78, 5) is 16.3. The fourth-order valence-electron chi connectivity index (χ4n) is 2.59. The van der Waals surface area contributed by atoms with Crippen molar-refractivity contribution in [2.45, 2.75) is 31.7 Å². The van der Waals surface area contributed by atoms with Gasteiger partial charge in [-0.15, -0.1) is 0 Å². The molecule has 0 aromatic carbocycles. The van der Waals surface area contributed by atoms with E-state index in [1.165, 1.54) is 0 Å². The summed E-state index contributed by atoms with van der Waals surface area (Å²) in [6.07, 6.45) is 0.955. The number of hydrogen-bond acceptors (Lipinski definition) is 7. The minimum Gasteiger partial charge on any atom is -0.350 e. The van der Waals surface area contributed by atoms with Gasteiger partial charge in [-0.25, -0.2) is 8.42 Å². The first kappa shape index (κ1) is 16.1. The van der Waals surface area contributed by atoms with E-state index in [1.807, 2.05) is 16.8 Å². The van der Waals surface area contributed by atoms with Crippen molar-refractivity contribution < 1.29 is 17.7 Å². The van der Waals surface area contributed by atoms with E-state index in [0.29, 0.717) is 24.6 Å². The van der Waals surface area contributed by atoms with Crippen LogP contribution in [0.2, 0.25) is 0 Å². The number of nitrogens with one attached hydrogen (secondary N) is 1. The molecular weight excluding hydrogens is 338 g/mol. The van der Waals surface area contributed by atoms with Crippen molar-refractivity contribution in [3.63, 3.8) is 0 Å². The average Bonchev–Trinajstić information content (AvgIpc) is 3.17. The van der Waals surface area contributed by atoms with Crippen molar-refractivity contribution in [3.05, 3.63) is 22.7 Å². The molecule has 7 nitrogen and oxygen atoms in total. The third-order valence-electron chi connectivity index (χ3n) is 3.76. The van der Waals surface area contributed by atoms with Crippen LogP contribution >= 0.6 is 11.3 Å². The van der Waals surface area contributed by atoms with Gasteiger partial charge in [-0.2, -0.15) is 16.3 Å². The third kappa shape index (κ3) is 3.97. The van der Waals surface area contributed by atoms with Gasteiger partial charge in [-0.1, -0.05) is 5.16 Å². The molecule has 2 aromatic heterocycles. The molecule has 1 aliphatic heterocycles. The highest BCUT2D eigenvalue weighted by Gasteiger charge is 2.39. The van der Waals surface area contributed by atoms with Crippen LogP contribution in [0.5, 0.6) is 0 Å². The molecule has 23 heavy (non-hydrogen) atoms. The first-order valence-corrected chi connectivity index (χ1v) is 9.98. The maximum atomic E-state index is 12.0. The fraction of sp³-hybridized carbons (Fsp3) is 0.500.